The highest BCUT2D eigenvalue weighted by Gasteiger charge is 2.07. The van der Waals surface area contributed by atoms with Gasteiger partial charge in [0, 0.05) is 11.6 Å². The maximum atomic E-state index is 4.37. The minimum absolute atomic E-state index is 0.867. The quantitative estimate of drug-likeness (QED) is 0.496. The summed E-state index contributed by atoms with van der Waals surface area (Å²) in [5, 5.41) is 8.45. The Morgan fingerprint density at radius 3 is 2.32 bits per heavy atom. The van der Waals surface area contributed by atoms with Gasteiger partial charge in [0.2, 0.25) is 0 Å². The lowest BCUT2D eigenvalue weighted by Gasteiger charge is -2.13. The summed E-state index contributed by atoms with van der Waals surface area (Å²) in [6.07, 6.45) is 1.80. The van der Waals surface area contributed by atoms with Gasteiger partial charge in [-0.15, -0.1) is 0 Å². The molecule has 2 nitrogen and oxygen atoms in total. The highest BCUT2D eigenvalue weighted by atomic mass is 15.0. The zero-order chi connectivity index (χ0) is 14.9. The van der Waals surface area contributed by atoms with Crippen LogP contribution in [-0.2, 0) is 0 Å². The summed E-state index contributed by atoms with van der Waals surface area (Å²) in [6, 6.07) is 23.2. The lowest BCUT2D eigenvalue weighted by Crippen LogP contribution is -1.96. The van der Waals surface area contributed by atoms with Gasteiger partial charge in [-0.05, 0) is 52.9 Å². The van der Waals surface area contributed by atoms with E-state index in [1.165, 1.54) is 27.1 Å². The molecule has 0 aliphatic carbocycles. The standard InChI is InChI=1S/C20H16N2/c1-14-9-10-17-12-15-6-2-3-7-16(15)13-18(17)20(14)22-19-8-4-5-11-21-19/h2-13H,1H3,(H,21,22). The Balaban J connectivity index is 1.95. The van der Waals surface area contributed by atoms with E-state index in [2.05, 4.69) is 65.8 Å². The van der Waals surface area contributed by atoms with Crippen molar-refractivity contribution in [2.24, 2.45) is 0 Å². The normalized spacial score (nSPS) is 11.0. The molecule has 0 spiro atoms. The highest BCUT2D eigenvalue weighted by Crippen LogP contribution is 2.32. The summed E-state index contributed by atoms with van der Waals surface area (Å²) >= 11 is 0. The van der Waals surface area contributed by atoms with Crippen LogP contribution < -0.4 is 5.32 Å². The SMILES string of the molecule is Cc1ccc2cc3ccccc3cc2c1Nc1ccccn1. The van der Waals surface area contributed by atoms with Gasteiger partial charge in [0.1, 0.15) is 5.82 Å². The van der Waals surface area contributed by atoms with Crippen molar-refractivity contribution in [3.8, 4) is 0 Å². The van der Waals surface area contributed by atoms with Crippen molar-refractivity contribution in [2.75, 3.05) is 5.32 Å². The molecule has 0 saturated carbocycles. The molecule has 0 aliphatic rings. The molecule has 1 aromatic heterocycles. The molecule has 0 amide bonds. The summed E-state index contributed by atoms with van der Waals surface area (Å²) in [5.74, 6) is 0.867. The third-order valence-electron chi connectivity index (χ3n) is 4.01. The summed E-state index contributed by atoms with van der Waals surface area (Å²) in [7, 11) is 0. The van der Waals surface area contributed by atoms with Crippen LogP contribution >= 0.6 is 0 Å². The number of hydrogen-bond donors (Lipinski definition) is 1. The van der Waals surface area contributed by atoms with Gasteiger partial charge in [0.05, 0.1) is 5.69 Å². The van der Waals surface area contributed by atoms with Crippen LogP contribution in [-0.4, -0.2) is 4.98 Å². The van der Waals surface area contributed by atoms with Crippen molar-refractivity contribution in [2.45, 2.75) is 6.92 Å². The maximum Gasteiger partial charge on any atom is 0.130 e. The van der Waals surface area contributed by atoms with Crippen LogP contribution in [0.2, 0.25) is 0 Å². The van der Waals surface area contributed by atoms with Crippen molar-refractivity contribution in [3.63, 3.8) is 0 Å². The zero-order valence-electron chi connectivity index (χ0n) is 12.4. The Morgan fingerprint density at radius 1 is 0.773 bits per heavy atom. The molecule has 0 unspecified atom stereocenters. The largest absolute Gasteiger partial charge is 0.340 e. The molecule has 4 rings (SSSR count). The molecule has 0 fully saturated rings. The zero-order valence-corrected chi connectivity index (χ0v) is 12.4. The second-order valence-corrected chi connectivity index (χ2v) is 5.52. The first-order valence-electron chi connectivity index (χ1n) is 7.41. The average molecular weight is 284 g/mol. The van der Waals surface area contributed by atoms with Crippen LogP contribution in [0.1, 0.15) is 5.56 Å². The molecule has 2 heteroatoms. The van der Waals surface area contributed by atoms with Crippen LogP contribution in [0.5, 0.6) is 0 Å². The summed E-state index contributed by atoms with van der Waals surface area (Å²) in [4.78, 5) is 4.37. The first-order chi connectivity index (χ1) is 10.8. The van der Waals surface area contributed by atoms with E-state index in [1.54, 1.807) is 6.20 Å². The number of aryl methyl sites for hydroxylation is 1. The van der Waals surface area contributed by atoms with Gasteiger partial charge in [0.25, 0.3) is 0 Å². The average Bonchev–Trinajstić information content (AvgIpc) is 2.57. The number of anilines is 2. The first-order valence-corrected chi connectivity index (χ1v) is 7.41. The van der Waals surface area contributed by atoms with Gasteiger partial charge in [-0.3, -0.25) is 0 Å². The molecule has 106 valence electrons. The van der Waals surface area contributed by atoms with Gasteiger partial charge >= 0.3 is 0 Å². The van der Waals surface area contributed by atoms with E-state index in [0.717, 1.165) is 11.5 Å². The van der Waals surface area contributed by atoms with E-state index in [4.69, 9.17) is 0 Å². The molecular weight excluding hydrogens is 268 g/mol. The summed E-state index contributed by atoms with van der Waals surface area (Å²) in [6.45, 7) is 2.12. The van der Waals surface area contributed by atoms with Gasteiger partial charge in [-0.25, -0.2) is 4.98 Å². The Bertz CT molecular complexity index is 959. The third-order valence-corrected chi connectivity index (χ3v) is 4.01. The molecular formula is C20H16N2. The van der Waals surface area contributed by atoms with Crippen molar-refractivity contribution >= 4 is 33.1 Å². The van der Waals surface area contributed by atoms with Crippen molar-refractivity contribution < 1.29 is 0 Å². The van der Waals surface area contributed by atoms with E-state index < -0.39 is 0 Å². The predicted molar refractivity (Wildman–Crippen MR) is 93.7 cm³/mol. The van der Waals surface area contributed by atoms with Gasteiger partial charge in [-0.1, -0.05) is 42.5 Å². The second kappa shape index (κ2) is 5.15. The molecule has 0 bridgehead atoms. The second-order valence-electron chi connectivity index (χ2n) is 5.52. The number of fused-ring (bicyclic) bond motifs is 2. The van der Waals surface area contributed by atoms with Crippen molar-refractivity contribution in [1.82, 2.24) is 4.98 Å². The smallest absolute Gasteiger partial charge is 0.130 e. The Kier molecular flexibility index (Phi) is 3.01. The lowest BCUT2D eigenvalue weighted by atomic mass is 10.00. The topological polar surface area (TPSA) is 24.9 Å². The van der Waals surface area contributed by atoms with E-state index in [-0.39, 0.29) is 0 Å². The highest BCUT2D eigenvalue weighted by molar-refractivity contribution is 6.05. The van der Waals surface area contributed by atoms with Crippen LogP contribution in [0.3, 0.4) is 0 Å². The molecule has 22 heavy (non-hydrogen) atoms. The fourth-order valence-corrected chi connectivity index (χ4v) is 2.85. The number of nitrogens with zero attached hydrogens (tertiary/aromatic N) is 1. The molecule has 0 saturated heterocycles. The number of nitrogens with one attached hydrogen (secondary N) is 1. The van der Waals surface area contributed by atoms with Gasteiger partial charge in [0.15, 0.2) is 0 Å². The Hall–Kier alpha value is -2.87. The minimum atomic E-state index is 0.867. The van der Waals surface area contributed by atoms with Crippen LogP contribution in [0.15, 0.2) is 72.9 Å². The number of hydrogen-bond acceptors (Lipinski definition) is 2. The Labute approximate surface area is 129 Å². The van der Waals surface area contributed by atoms with Crippen LogP contribution in [0, 0.1) is 6.92 Å². The Morgan fingerprint density at radius 2 is 1.55 bits per heavy atom. The van der Waals surface area contributed by atoms with E-state index in [9.17, 15) is 0 Å². The monoisotopic (exact) mass is 284 g/mol. The molecule has 0 aliphatic heterocycles. The number of aromatic nitrogens is 1. The first kappa shape index (κ1) is 12.8. The number of rotatable bonds is 2. The third kappa shape index (κ3) is 2.19. The minimum Gasteiger partial charge on any atom is -0.340 e. The number of pyridine rings is 1. The maximum absolute atomic E-state index is 4.37. The summed E-state index contributed by atoms with van der Waals surface area (Å²) in [5.41, 5.74) is 2.34. The molecule has 0 atom stereocenters. The van der Waals surface area contributed by atoms with Gasteiger partial charge < -0.3 is 5.32 Å². The van der Waals surface area contributed by atoms with Crippen LogP contribution in [0.4, 0.5) is 11.5 Å². The predicted octanol–water partition coefficient (Wildman–Crippen LogP) is 5.44. The lowest BCUT2D eigenvalue weighted by molar-refractivity contribution is 1.30. The fraction of sp³-hybridized carbons (Fsp3) is 0.0500. The van der Waals surface area contributed by atoms with E-state index >= 15 is 0 Å². The fourth-order valence-electron chi connectivity index (χ4n) is 2.85. The molecule has 0 radical (unpaired) electrons. The number of benzene rings is 3. The van der Waals surface area contributed by atoms with Crippen molar-refractivity contribution in [1.29, 1.82) is 0 Å². The van der Waals surface area contributed by atoms with Gasteiger partial charge in [-0.2, -0.15) is 0 Å². The van der Waals surface area contributed by atoms with E-state index in [0.29, 0.717) is 0 Å². The molecule has 1 N–H and O–H groups in total. The van der Waals surface area contributed by atoms with Crippen LogP contribution in [0.25, 0.3) is 21.5 Å². The molecule has 4 aromatic rings. The van der Waals surface area contributed by atoms with Crippen molar-refractivity contribution in [3.05, 3.63) is 78.5 Å². The summed E-state index contributed by atoms with van der Waals surface area (Å²) < 4.78 is 0. The van der Waals surface area contributed by atoms with E-state index in [1.807, 2.05) is 18.2 Å². The molecule has 1 heterocycles. The molecule has 3 aromatic carbocycles.